The molecular weight excluding hydrogens is 304 g/mol. The van der Waals surface area contributed by atoms with Gasteiger partial charge in [0.2, 0.25) is 0 Å². The normalized spacial score (nSPS) is 11.2. The van der Waals surface area contributed by atoms with Gasteiger partial charge in [-0.05, 0) is 40.8 Å². The zero-order chi connectivity index (χ0) is 16.6. The van der Waals surface area contributed by atoms with Crippen molar-refractivity contribution in [2.45, 2.75) is 0 Å². The van der Waals surface area contributed by atoms with E-state index in [1.54, 1.807) is 0 Å². The van der Waals surface area contributed by atoms with Gasteiger partial charge < -0.3 is 4.40 Å². The van der Waals surface area contributed by atoms with E-state index < -0.39 is 0 Å². The summed E-state index contributed by atoms with van der Waals surface area (Å²) < 4.78 is 2.30. The molecule has 0 fully saturated rings. The number of benzene rings is 2. The fourth-order valence-corrected chi connectivity index (χ4v) is 3.56. The maximum absolute atomic E-state index is 4.17. The van der Waals surface area contributed by atoms with E-state index in [4.69, 9.17) is 0 Å². The first-order valence-electron chi connectivity index (χ1n) is 8.40. The van der Waals surface area contributed by atoms with Crippen molar-refractivity contribution in [1.82, 2.24) is 9.38 Å². The molecule has 2 nitrogen and oxygen atoms in total. The monoisotopic (exact) mass is 320 g/mol. The second-order valence-electron chi connectivity index (χ2n) is 6.17. The van der Waals surface area contributed by atoms with Crippen LogP contribution in [0.1, 0.15) is 0 Å². The highest BCUT2D eigenvalue weighted by molar-refractivity contribution is 6.01. The molecule has 25 heavy (non-hydrogen) atoms. The minimum Gasteiger partial charge on any atom is -0.315 e. The van der Waals surface area contributed by atoms with Crippen LogP contribution in [0.4, 0.5) is 0 Å². The van der Waals surface area contributed by atoms with Gasteiger partial charge in [-0.1, -0.05) is 54.6 Å². The van der Waals surface area contributed by atoms with Crippen LogP contribution in [-0.2, 0) is 0 Å². The molecule has 3 heterocycles. The molecule has 2 heteroatoms. The summed E-state index contributed by atoms with van der Waals surface area (Å²) in [6, 6.07) is 27.7. The fraction of sp³-hybridized carbons (Fsp3) is 0. The van der Waals surface area contributed by atoms with Gasteiger partial charge in [0.05, 0.1) is 11.2 Å². The molecule has 0 aliphatic carbocycles. The van der Waals surface area contributed by atoms with Gasteiger partial charge in [0.1, 0.15) is 0 Å². The third-order valence-electron chi connectivity index (χ3n) is 4.72. The molecule has 118 valence electrons. The van der Waals surface area contributed by atoms with Gasteiger partial charge >= 0.3 is 0 Å². The second-order valence-corrected chi connectivity index (χ2v) is 6.17. The van der Waals surface area contributed by atoms with Crippen LogP contribution in [0.25, 0.3) is 38.7 Å². The molecule has 0 aliphatic heterocycles. The topological polar surface area (TPSA) is 17.3 Å². The van der Waals surface area contributed by atoms with Crippen LogP contribution in [0.5, 0.6) is 0 Å². The Morgan fingerprint density at radius 3 is 2.28 bits per heavy atom. The molecular formula is C23H16N2. The van der Waals surface area contributed by atoms with Crippen LogP contribution in [0, 0.1) is 0 Å². The summed E-state index contributed by atoms with van der Waals surface area (Å²) in [6.45, 7) is 0. The van der Waals surface area contributed by atoms with Gasteiger partial charge in [0, 0.05) is 29.5 Å². The van der Waals surface area contributed by atoms with Crippen molar-refractivity contribution in [1.29, 1.82) is 0 Å². The highest BCUT2D eigenvalue weighted by atomic mass is 14.9. The van der Waals surface area contributed by atoms with Crippen molar-refractivity contribution in [3.63, 3.8) is 0 Å². The number of fused-ring (bicyclic) bond motifs is 3. The molecule has 0 atom stereocenters. The summed E-state index contributed by atoms with van der Waals surface area (Å²) in [5.41, 5.74) is 6.06. The Labute approximate surface area is 146 Å². The molecule has 5 rings (SSSR count). The summed E-state index contributed by atoms with van der Waals surface area (Å²) in [5, 5.41) is 2.52. The minimum absolute atomic E-state index is 1.18. The van der Waals surface area contributed by atoms with Crippen LogP contribution in [0.3, 0.4) is 0 Å². The van der Waals surface area contributed by atoms with Crippen molar-refractivity contribution in [2.24, 2.45) is 0 Å². The molecule has 0 radical (unpaired) electrons. The smallest absolute Gasteiger partial charge is 0.0607 e. The van der Waals surface area contributed by atoms with Gasteiger partial charge in [-0.2, -0.15) is 0 Å². The van der Waals surface area contributed by atoms with E-state index in [1.807, 2.05) is 12.4 Å². The fourth-order valence-electron chi connectivity index (χ4n) is 3.56. The second kappa shape index (κ2) is 5.60. The maximum Gasteiger partial charge on any atom is 0.0607 e. The third kappa shape index (κ3) is 2.23. The number of hydrogen-bond donors (Lipinski definition) is 0. The van der Waals surface area contributed by atoms with E-state index in [0.29, 0.717) is 0 Å². The van der Waals surface area contributed by atoms with E-state index in [0.717, 1.165) is 0 Å². The largest absolute Gasteiger partial charge is 0.315 e. The number of hydrogen-bond acceptors (Lipinski definition) is 1. The first kappa shape index (κ1) is 14.0. The maximum atomic E-state index is 4.17. The molecule has 0 amide bonds. The molecule has 0 saturated heterocycles. The first-order valence-corrected chi connectivity index (χ1v) is 8.40. The molecule has 2 aromatic carbocycles. The van der Waals surface area contributed by atoms with E-state index in [1.165, 1.54) is 38.7 Å². The van der Waals surface area contributed by atoms with Crippen LogP contribution in [-0.4, -0.2) is 9.38 Å². The van der Waals surface area contributed by atoms with E-state index in [9.17, 15) is 0 Å². The third-order valence-corrected chi connectivity index (χ3v) is 4.72. The lowest BCUT2D eigenvalue weighted by molar-refractivity contribution is 1.22. The Kier molecular flexibility index (Phi) is 3.14. The predicted molar refractivity (Wildman–Crippen MR) is 104 cm³/mol. The van der Waals surface area contributed by atoms with E-state index >= 15 is 0 Å². The Balaban J connectivity index is 1.93. The molecule has 0 N–H and O–H groups in total. The molecule has 3 aromatic heterocycles. The van der Waals surface area contributed by atoms with Crippen LogP contribution >= 0.6 is 0 Å². The lowest BCUT2D eigenvalue weighted by Gasteiger charge is -2.08. The van der Waals surface area contributed by atoms with Gasteiger partial charge in [-0.25, -0.2) is 0 Å². The highest BCUT2D eigenvalue weighted by Gasteiger charge is 2.15. The molecule has 0 aliphatic rings. The van der Waals surface area contributed by atoms with Crippen molar-refractivity contribution in [3.8, 4) is 22.4 Å². The van der Waals surface area contributed by atoms with Crippen molar-refractivity contribution in [2.75, 3.05) is 0 Å². The quantitative estimate of drug-likeness (QED) is 0.400. The average Bonchev–Trinajstić information content (AvgIpc) is 3.09. The number of pyridine rings is 2. The lowest BCUT2D eigenvalue weighted by Crippen LogP contribution is -1.90. The summed E-state index contributed by atoms with van der Waals surface area (Å²) in [4.78, 5) is 4.17. The molecule has 0 saturated carbocycles. The molecule has 0 spiro atoms. The van der Waals surface area contributed by atoms with Crippen molar-refractivity contribution < 1.29 is 0 Å². The van der Waals surface area contributed by atoms with Crippen molar-refractivity contribution in [3.05, 3.63) is 97.5 Å². The highest BCUT2D eigenvalue weighted by Crippen LogP contribution is 2.37. The predicted octanol–water partition coefficient (Wildman–Crippen LogP) is 5.82. The van der Waals surface area contributed by atoms with Gasteiger partial charge in [-0.3, -0.25) is 4.98 Å². The van der Waals surface area contributed by atoms with Gasteiger partial charge in [-0.15, -0.1) is 0 Å². The average molecular weight is 320 g/mol. The Morgan fingerprint density at radius 1 is 0.680 bits per heavy atom. The summed E-state index contributed by atoms with van der Waals surface area (Å²) in [7, 11) is 0. The summed E-state index contributed by atoms with van der Waals surface area (Å²) in [6.07, 6.45) is 5.87. The van der Waals surface area contributed by atoms with Crippen LogP contribution < -0.4 is 0 Å². The van der Waals surface area contributed by atoms with E-state index in [2.05, 4.69) is 94.4 Å². The number of aromatic nitrogens is 2. The summed E-state index contributed by atoms with van der Waals surface area (Å²) >= 11 is 0. The van der Waals surface area contributed by atoms with Crippen LogP contribution in [0.2, 0.25) is 0 Å². The Hall–Kier alpha value is -3.39. The zero-order valence-electron chi connectivity index (χ0n) is 13.6. The number of rotatable bonds is 2. The van der Waals surface area contributed by atoms with Crippen LogP contribution in [0.15, 0.2) is 97.5 Å². The zero-order valence-corrected chi connectivity index (χ0v) is 13.6. The summed E-state index contributed by atoms with van der Waals surface area (Å²) in [5.74, 6) is 0. The van der Waals surface area contributed by atoms with Crippen molar-refractivity contribution >= 4 is 16.3 Å². The number of nitrogens with zero attached hydrogens (tertiary/aromatic N) is 2. The van der Waals surface area contributed by atoms with Gasteiger partial charge in [0.15, 0.2) is 0 Å². The lowest BCUT2D eigenvalue weighted by atomic mass is 10.0. The first-order chi connectivity index (χ1) is 12.4. The molecule has 0 bridgehead atoms. The minimum atomic E-state index is 1.18. The van der Waals surface area contributed by atoms with E-state index in [-0.39, 0.29) is 0 Å². The standard InChI is InChI=1S/C23H16N2/c1-2-7-19(8-3-1)23-21(18-10-13-24-14-11-18)16-22-20-9-5-4-6-17(20)12-15-25(22)23/h1-16H. The Morgan fingerprint density at radius 2 is 1.44 bits per heavy atom. The SMILES string of the molecule is c1ccc(-c2c(-c3ccncc3)cc3c4ccccc4ccn23)cc1. The molecule has 5 aromatic rings. The molecule has 0 unspecified atom stereocenters. The Bertz CT molecular complexity index is 1170. The van der Waals surface area contributed by atoms with Gasteiger partial charge in [0.25, 0.3) is 0 Å².